The SMILES string of the molecule is C#CCOCCOCCOCCOCCn1nccc1C(=O)Nc1cc([C@@H]2CC[C@H](OC(=O)N3CCCC3)C2)nn1C(C)(C)C. The number of anilines is 1. The van der Waals surface area contributed by atoms with Gasteiger partial charge in [-0.05, 0) is 58.9 Å². The number of aromatic nitrogens is 4. The van der Waals surface area contributed by atoms with E-state index in [1.807, 2.05) is 31.5 Å². The fourth-order valence-corrected chi connectivity index (χ4v) is 5.46. The summed E-state index contributed by atoms with van der Waals surface area (Å²) in [6.45, 7) is 11.5. The van der Waals surface area contributed by atoms with E-state index in [2.05, 4.69) is 16.3 Å². The largest absolute Gasteiger partial charge is 0.446 e. The molecule has 248 valence electrons. The molecule has 1 saturated heterocycles. The van der Waals surface area contributed by atoms with Crippen molar-refractivity contribution in [3.8, 4) is 12.3 Å². The van der Waals surface area contributed by atoms with Gasteiger partial charge in [0.2, 0.25) is 0 Å². The predicted octanol–water partition coefficient (Wildman–Crippen LogP) is 3.66. The van der Waals surface area contributed by atoms with Gasteiger partial charge in [0.05, 0.1) is 64.0 Å². The molecule has 2 aromatic heterocycles. The molecule has 2 fully saturated rings. The van der Waals surface area contributed by atoms with E-state index in [0.29, 0.717) is 64.3 Å². The van der Waals surface area contributed by atoms with Crippen LogP contribution in [0.2, 0.25) is 0 Å². The van der Waals surface area contributed by atoms with Crippen LogP contribution in [-0.2, 0) is 35.8 Å². The van der Waals surface area contributed by atoms with Crippen molar-refractivity contribution < 1.29 is 33.3 Å². The van der Waals surface area contributed by atoms with Crippen LogP contribution >= 0.6 is 0 Å². The summed E-state index contributed by atoms with van der Waals surface area (Å²) in [5, 5.41) is 12.3. The minimum absolute atomic E-state index is 0.117. The Morgan fingerprint density at radius 1 is 1.00 bits per heavy atom. The molecule has 2 atom stereocenters. The Bertz CT molecular complexity index is 1260. The normalized spacial score (nSPS) is 18.3. The van der Waals surface area contributed by atoms with E-state index in [4.69, 9.17) is 35.2 Å². The molecule has 2 aliphatic rings. The molecule has 1 N–H and O–H groups in total. The van der Waals surface area contributed by atoms with Crippen LogP contribution in [0.3, 0.4) is 0 Å². The predicted molar refractivity (Wildman–Crippen MR) is 167 cm³/mol. The van der Waals surface area contributed by atoms with Gasteiger partial charge < -0.3 is 33.9 Å². The second-order valence-electron chi connectivity index (χ2n) is 12.2. The van der Waals surface area contributed by atoms with Crippen LogP contribution in [0.5, 0.6) is 0 Å². The van der Waals surface area contributed by atoms with E-state index in [1.54, 1.807) is 21.8 Å². The summed E-state index contributed by atoms with van der Waals surface area (Å²) in [5.74, 6) is 2.89. The summed E-state index contributed by atoms with van der Waals surface area (Å²) >= 11 is 0. The molecule has 1 saturated carbocycles. The third-order valence-corrected chi connectivity index (χ3v) is 7.74. The fraction of sp³-hybridized carbons (Fsp3) is 0.688. The summed E-state index contributed by atoms with van der Waals surface area (Å²) in [5.41, 5.74) is 0.959. The number of terminal acetylenes is 1. The first-order valence-electron chi connectivity index (χ1n) is 15.9. The van der Waals surface area contributed by atoms with Gasteiger partial charge >= 0.3 is 6.09 Å². The van der Waals surface area contributed by atoms with E-state index in [0.717, 1.165) is 50.9 Å². The Labute approximate surface area is 265 Å². The Morgan fingerprint density at radius 3 is 2.33 bits per heavy atom. The summed E-state index contributed by atoms with van der Waals surface area (Å²) in [6.07, 6.45) is 10.9. The van der Waals surface area contributed by atoms with Gasteiger partial charge in [0.1, 0.15) is 24.2 Å². The first kappa shape index (κ1) is 34.4. The van der Waals surface area contributed by atoms with Crippen LogP contribution < -0.4 is 5.32 Å². The average Bonchev–Trinajstić information content (AvgIpc) is 3.82. The third-order valence-electron chi connectivity index (χ3n) is 7.74. The first-order chi connectivity index (χ1) is 21.8. The first-order valence-corrected chi connectivity index (χ1v) is 15.9. The molecule has 45 heavy (non-hydrogen) atoms. The van der Waals surface area contributed by atoms with Gasteiger partial charge in [0, 0.05) is 31.3 Å². The fourth-order valence-electron chi connectivity index (χ4n) is 5.46. The third kappa shape index (κ3) is 10.6. The Kier molecular flexibility index (Phi) is 13.2. The summed E-state index contributed by atoms with van der Waals surface area (Å²) in [6, 6.07) is 3.63. The number of nitrogens with zero attached hydrogens (tertiary/aromatic N) is 5. The maximum absolute atomic E-state index is 13.4. The number of carbonyl (C=O) groups excluding carboxylic acids is 2. The smallest absolute Gasteiger partial charge is 0.410 e. The molecule has 1 aliphatic carbocycles. The molecular formula is C32H48N6O7. The number of rotatable bonds is 17. The zero-order valence-corrected chi connectivity index (χ0v) is 26.9. The molecule has 0 aromatic carbocycles. The summed E-state index contributed by atoms with van der Waals surface area (Å²) < 4.78 is 31.0. The summed E-state index contributed by atoms with van der Waals surface area (Å²) in [4.78, 5) is 27.7. The Hall–Kier alpha value is -3.44. The second kappa shape index (κ2) is 17.3. The zero-order chi connectivity index (χ0) is 32.1. The molecule has 2 amide bonds. The van der Waals surface area contributed by atoms with Crippen LogP contribution in [-0.4, -0.2) is 109 Å². The molecule has 0 bridgehead atoms. The Morgan fingerprint density at radius 2 is 1.67 bits per heavy atom. The minimum Gasteiger partial charge on any atom is -0.446 e. The number of hydrogen-bond donors (Lipinski definition) is 1. The molecule has 13 nitrogen and oxygen atoms in total. The Balaban J connectivity index is 1.22. The standard InChI is InChI=1S/C32H48N6O7/c1-5-15-41-17-19-43-21-22-44-20-18-42-16-14-37-28(10-11-33-37)30(39)34-29-24-27(35-38(29)32(2,3)4)25-8-9-26(23-25)45-31(40)36-12-6-7-13-36/h1,10-11,24-26H,6-9,12-23H2,2-4H3,(H,34,39)/t25-,26+/m1/s1. The van der Waals surface area contributed by atoms with Crippen molar-refractivity contribution in [3.05, 3.63) is 29.7 Å². The van der Waals surface area contributed by atoms with Crippen molar-refractivity contribution in [3.63, 3.8) is 0 Å². The lowest BCUT2D eigenvalue weighted by Gasteiger charge is -2.22. The van der Waals surface area contributed by atoms with Crippen LogP contribution in [0.15, 0.2) is 18.3 Å². The number of ether oxygens (including phenoxy) is 5. The topological polar surface area (TPSA) is 131 Å². The van der Waals surface area contributed by atoms with Gasteiger partial charge in [0.25, 0.3) is 5.91 Å². The maximum Gasteiger partial charge on any atom is 0.410 e. The number of carbonyl (C=O) groups is 2. The lowest BCUT2D eigenvalue weighted by Crippen LogP contribution is -2.31. The van der Waals surface area contributed by atoms with E-state index in [-0.39, 0.29) is 36.2 Å². The van der Waals surface area contributed by atoms with Crippen LogP contribution in [0.4, 0.5) is 10.6 Å². The molecule has 4 rings (SSSR count). The molecule has 2 aromatic rings. The van der Waals surface area contributed by atoms with Crippen molar-refractivity contribution in [2.75, 3.05) is 71.3 Å². The number of nitrogens with one attached hydrogen (secondary N) is 1. The van der Waals surface area contributed by atoms with Gasteiger partial charge in [0.15, 0.2) is 0 Å². The number of hydrogen-bond acceptors (Lipinski definition) is 9. The lowest BCUT2D eigenvalue weighted by molar-refractivity contribution is 0.000192. The zero-order valence-electron chi connectivity index (χ0n) is 26.9. The lowest BCUT2D eigenvalue weighted by atomic mass is 10.0. The molecule has 0 spiro atoms. The number of likely N-dealkylation sites (tertiary alicyclic amines) is 1. The van der Waals surface area contributed by atoms with Gasteiger partial charge in [-0.25, -0.2) is 9.48 Å². The number of amides is 2. The molecule has 13 heteroatoms. The van der Waals surface area contributed by atoms with Crippen LogP contribution in [0, 0.1) is 12.3 Å². The second-order valence-corrected chi connectivity index (χ2v) is 12.2. The molecule has 3 heterocycles. The van der Waals surface area contributed by atoms with E-state index in [1.165, 1.54) is 0 Å². The van der Waals surface area contributed by atoms with Crippen molar-refractivity contribution in [2.24, 2.45) is 0 Å². The average molecular weight is 629 g/mol. The quantitative estimate of drug-likeness (QED) is 0.206. The van der Waals surface area contributed by atoms with Gasteiger partial charge in [-0.2, -0.15) is 10.2 Å². The van der Waals surface area contributed by atoms with Crippen molar-refractivity contribution in [2.45, 2.75) is 77.0 Å². The van der Waals surface area contributed by atoms with Crippen molar-refractivity contribution >= 4 is 17.8 Å². The molecular weight excluding hydrogens is 580 g/mol. The highest BCUT2D eigenvalue weighted by Gasteiger charge is 2.33. The van der Waals surface area contributed by atoms with E-state index < -0.39 is 0 Å². The van der Waals surface area contributed by atoms with Crippen LogP contribution in [0.1, 0.15) is 75.0 Å². The highest BCUT2D eigenvalue weighted by atomic mass is 16.6. The van der Waals surface area contributed by atoms with Crippen LogP contribution in [0.25, 0.3) is 0 Å². The van der Waals surface area contributed by atoms with Gasteiger partial charge in [-0.1, -0.05) is 5.92 Å². The summed E-state index contributed by atoms with van der Waals surface area (Å²) in [7, 11) is 0. The van der Waals surface area contributed by atoms with E-state index >= 15 is 0 Å². The highest BCUT2D eigenvalue weighted by Crippen LogP contribution is 2.37. The molecule has 1 aliphatic heterocycles. The molecule has 0 unspecified atom stereocenters. The molecule has 0 radical (unpaired) electrons. The van der Waals surface area contributed by atoms with Gasteiger partial charge in [-0.3, -0.25) is 9.48 Å². The minimum atomic E-state index is -0.361. The van der Waals surface area contributed by atoms with Crippen molar-refractivity contribution in [1.82, 2.24) is 24.5 Å². The monoisotopic (exact) mass is 628 g/mol. The van der Waals surface area contributed by atoms with Crippen molar-refractivity contribution in [1.29, 1.82) is 0 Å². The highest BCUT2D eigenvalue weighted by molar-refractivity contribution is 6.02. The van der Waals surface area contributed by atoms with Gasteiger partial charge in [-0.15, -0.1) is 6.42 Å². The maximum atomic E-state index is 13.4. The van der Waals surface area contributed by atoms with E-state index in [9.17, 15) is 9.59 Å².